The van der Waals surface area contributed by atoms with Crippen molar-refractivity contribution in [1.82, 2.24) is 0 Å². The lowest BCUT2D eigenvalue weighted by Gasteiger charge is -2.38. The maximum atomic E-state index is 11.7. The van der Waals surface area contributed by atoms with Crippen molar-refractivity contribution in [1.29, 1.82) is 0 Å². The second kappa shape index (κ2) is 5.74. The monoisotopic (exact) mass is 272 g/mol. The van der Waals surface area contributed by atoms with Gasteiger partial charge in [-0.05, 0) is 44.3 Å². The van der Waals surface area contributed by atoms with Crippen LogP contribution in [0.25, 0.3) is 0 Å². The molecule has 0 radical (unpaired) electrons. The normalized spacial score (nSPS) is 25.2. The van der Waals surface area contributed by atoms with Crippen LogP contribution in [0.4, 0.5) is 0 Å². The van der Waals surface area contributed by atoms with E-state index in [2.05, 4.69) is 33.9 Å². The highest BCUT2D eigenvalue weighted by atomic mass is 28.4. The van der Waals surface area contributed by atoms with Crippen molar-refractivity contribution in [3.05, 3.63) is 0 Å². The average Bonchev–Trinajstić information content (AvgIpc) is 2.64. The lowest BCUT2D eigenvalue weighted by Crippen LogP contribution is -2.43. The van der Waals surface area contributed by atoms with Gasteiger partial charge < -0.3 is 9.16 Å². The van der Waals surface area contributed by atoms with E-state index in [9.17, 15) is 4.79 Å². The van der Waals surface area contributed by atoms with Gasteiger partial charge in [0.25, 0.3) is 0 Å². The summed E-state index contributed by atoms with van der Waals surface area (Å²) in [4.78, 5) is 11.7. The predicted molar refractivity (Wildman–Crippen MR) is 76.0 cm³/mol. The quantitative estimate of drug-likeness (QED) is 0.577. The average molecular weight is 272 g/mol. The summed E-state index contributed by atoms with van der Waals surface area (Å²) in [6.07, 6.45) is 3.00. The number of esters is 1. The van der Waals surface area contributed by atoms with Gasteiger partial charge in [-0.15, -0.1) is 0 Å². The van der Waals surface area contributed by atoms with Crippen molar-refractivity contribution in [3.8, 4) is 0 Å². The fraction of sp³-hybridized carbons (Fsp3) is 0.929. The van der Waals surface area contributed by atoms with Crippen molar-refractivity contribution >= 4 is 14.3 Å². The molecule has 0 spiro atoms. The van der Waals surface area contributed by atoms with Crippen molar-refractivity contribution < 1.29 is 14.0 Å². The first-order valence-electron chi connectivity index (χ1n) is 7.02. The summed E-state index contributed by atoms with van der Waals surface area (Å²) in [7, 11) is -1.70. The molecule has 0 N–H and O–H groups in total. The van der Waals surface area contributed by atoms with Crippen molar-refractivity contribution in [2.75, 3.05) is 6.61 Å². The molecule has 0 saturated heterocycles. The number of hydrogen-bond acceptors (Lipinski definition) is 3. The number of carbonyl (C=O) groups excluding carboxylic acids is 1. The molecule has 3 nitrogen and oxygen atoms in total. The third kappa shape index (κ3) is 3.82. The van der Waals surface area contributed by atoms with Crippen molar-refractivity contribution in [2.24, 2.45) is 5.92 Å². The minimum Gasteiger partial charge on any atom is -0.466 e. The minimum atomic E-state index is -1.70. The zero-order valence-electron chi connectivity index (χ0n) is 12.7. The highest BCUT2D eigenvalue weighted by Crippen LogP contribution is 2.40. The minimum absolute atomic E-state index is 0.0427. The van der Waals surface area contributed by atoms with E-state index in [-0.39, 0.29) is 23.0 Å². The molecule has 2 atom stereocenters. The fourth-order valence-corrected chi connectivity index (χ4v) is 3.52. The Morgan fingerprint density at radius 1 is 1.28 bits per heavy atom. The molecule has 18 heavy (non-hydrogen) atoms. The first-order valence-corrected chi connectivity index (χ1v) is 9.92. The topological polar surface area (TPSA) is 35.5 Å². The molecule has 0 aliphatic heterocycles. The molecule has 1 saturated carbocycles. The molecule has 0 aromatic rings. The van der Waals surface area contributed by atoms with Gasteiger partial charge in [0.1, 0.15) is 0 Å². The Hall–Kier alpha value is -0.353. The Morgan fingerprint density at radius 3 is 2.39 bits per heavy atom. The van der Waals surface area contributed by atoms with Crippen LogP contribution in [0.1, 0.15) is 47.0 Å². The lowest BCUT2D eigenvalue weighted by molar-refractivity contribution is -0.147. The van der Waals surface area contributed by atoms with Crippen LogP contribution in [0.3, 0.4) is 0 Å². The molecular weight excluding hydrogens is 244 g/mol. The molecule has 1 fully saturated rings. The second-order valence-corrected chi connectivity index (χ2v) is 11.5. The maximum Gasteiger partial charge on any atom is 0.309 e. The van der Waals surface area contributed by atoms with Gasteiger partial charge in [-0.1, -0.05) is 20.8 Å². The number of carbonyl (C=O) groups is 1. The largest absolute Gasteiger partial charge is 0.466 e. The zero-order valence-corrected chi connectivity index (χ0v) is 13.7. The number of rotatable bonds is 4. The molecule has 1 rings (SSSR count). The Balaban J connectivity index is 2.51. The zero-order chi connectivity index (χ0) is 14.0. The van der Waals surface area contributed by atoms with Crippen molar-refractivity contribution in [2.45, 2.75) is 71.2 Å². The summed E-state index contributed by atoms with van der Waals surface area (Å²) in [5.74, 6) is 0.0125. The van der Waals surface area contributed by atoms with Gasteiger partial charge in [-0.2, -0.15) is 0 Å². The van der Waals surface area contributed by atoms with Crippen LogP contribution in [0.15, 0.2) is 0 Å². The molecule has 4 heteroatoms. The van der Waals surface area contributed by atoms with Crippen LogP contribution in [0.2, 0.25) is 18.1 Å². The lowest BCUT2D eigenvalue weighted by atomic mass is 10.1. The SMILES string of the molecule is CCOC(=O)C1CCC(O[Si](C)(C)C(C)(C)C)C1. The Labute approximate surface area is 112 Å². The summed E-state index contributed by atoms with van der Waals surface area (Å²) in [6.45, 7) is 13.6. The van der Waals surface area contributed by atoms with E-state index < -0.39 is 8.32 Å². The van der Waals surface area contributed by atoms with E-state index in [4.69, 9.17) is 9.16 Å². The standard InChI is InChI=1S/C14H28O3Si/c1-7-16-13(15)11-8-9-12(10-11)17-18(5,6)14(2,3)4/h11-12H,7-10H2,1-6H3. The highest BCUT2D eigenvalue weighted by Gasteiger charge is 2.41. The maximum absolute atomic E-state index is 11.7. The van der Waals surface area contributed by atoms with Crippen LogP contribution >= 0.6 is 0 Å². The van der Waals surface area contributed by atoms with E-state index in [1.165, 1.54) is 0 Å². The summed E-state index contributed by atoms with van der Waals surface area (Å²) >= 11 is 0. The molecular formula is C14H28O3Si. The highest BCUT2D eigenvalue weighted by molar-refractivity contribution is 6.74. The van der Waals surface area contributed by atoms with Gasteiger partial charge in [0.15, 0.2) is 8.32 Å². The van der Waals surface area contributed by atoms with E-state index in [0.717, 1.165) is 19.3 Å². The molecule has 0 heterocycles. The first-order chi connectivity index (χ1) is 8.17. The smallest absolute Gasteiger partial charge is 0.309 e. The third-order valence-corrected chi connectivity index (χ3v) is 8.81. The van der Waals surface area contributed by atoms with Crippen molar-refractivity contribution in [3.63, 3.8) is 0 Å². The molecule has 1 aliphatic rings. The Morgan fingerprint density at radius 2 is 1.89 bits per heavy atom. The summed E-state index contributed by atoms with van der Waals surface area (Å²) in [5.41, 5.74) is 0. The Bertz CT molecular complexity index is 294. The predicted octanol–water partition coefficient (Wildman–Crippen LogP) is 3.74. The molecule has 106 valence electrons. The van der Waals surface area contributed by atoms with E-state index in [1.807, 2.05) is 6.92 Å². The second-order valence-electron chi connectivity index (χ2n) is 6.76. The van der Waals surface area contributed by atoms with E-state index >= 15 is 0 Å². The summed E-state index contributed by atoms with van der Waals surface area (Å²) in [6, 6.07) is 0. The van der Waals surface area contributed by atoms with Gasteiger partial charge >= 0.3 is 5.97 Å². The van der Waals surface area contributed by atoms with Gasteiger partial charge in [-0.25, -0.2) is 0 Å². The van der Waals surface area contributed by atoms with Gasteiger partial charge in [0.2, 0.25) is 0 Å². The fourth-order valence-electron chi connectivity index (χ4n) is 2.11. The molecule has 2 unspecified atom stereocenters. The number of ether oxygens (including phenoxy) is 1. The van der Waals surface area contributed by atoms with Gasteiger partial charge in [0.05, 0.1) is 12.5 Å². The molecule has 0 bridgehead atoms. The van der Waals surface area contributed by atoms with Gasteiger partial charge in [-0.3, -0.25) is 4.79 Å². The van der Waals surface area contributed by atoms with Crippen LogP contribution in [0.5, 0.6) is 0 Å². The van der Waals surface area contributed by atoms with E-state index in [0.29, 0.717) is 6.61 Å². The molecule has 0 aromatic carbocycles. The third-order valence-electron chi connectivity index (χ3n) is 4.27. The van der Waals surface area contributed by atoms with Crippen LogP contribution in [-0.4, -0.2) is 27.0 Å². The molecule has 0 amide bonds. The molecule has 0 aromatic heterocycles. The van der Waals surface area contributed by atoms with Crippen LogP contribution in [-0.2, 0) is 14.0 Å². The van der Waals surface area contributed by atoms with Crippen LogP contribution in [0, 0.1) is 5.92 Å². The molecule has 1 aliphatic carbocycles. The van der Waals surface area contributed by atoms with E-state index in [1.54, 1.807) is 0 Å². The first kappa shape index (κ1) is 15.7. The van der Waals surface area contributed by atoms with Gasteiger partial charge in [0, 0.05) is 6.10 Å². The Kier molecular flexibility index (Phi) is 5.01. The summed E-state index contributed by atoms with van der Waals surface area (Å²) in [5, 5.41) is 0.231. The summed E-state index contributed by atoms with van der Waals surface area (Å²) < 4.78 is 11.4. The van der Waals surface area contributed by atoms with Crippen LogP contribution < -0.4 is 0 Å². The number of hydrogen-bond donors (Lipinski definition) is 0.